The van der Waals surface area contributed by atoms with Crippen LogP contribution in [0.15, 0.2) is 39.1 Å². The first-order valence-electron chi connectivity index (χ1n) is 6.47. The SMILES string of the molecule is Cc1cccc(Nc2cc(Cl)cc(=NSCC(=O)O)o2)c1C. The normalized spacial score (nSPS) is 11.5. The molecule has 0 atom stereocenters. The number of nitrogens with one attached hydrogen (secondary N) is 1. The second-order valence-electron chi connectivity index (χ2n) is 4.61. The summed E-state index contributed by atoms with van der Waals surface area (Å²) in [5.74, 6) is -0.637. The summed E-state index contributed by atoms with van der Waals surface area (Å²) >= 11 is 6.93. The summed E-state index contributed by atoms with van der Waals surface area (Å²) in [6.07, 6.45) is 0. The number of carboxylic acids is 1. The van der Waals surface area contributed by atoms with Crippen molar-refractivity contribution in [3.05, 3.63) is 52.0 Å². The van der Waals surface area contributed by atoms with Crippen LogP contribution in [-0.4, -0.2) is 16.8 Å². The van der Waals surface area contributed by atoms with Crippen LogP contribution in [0.5, 0.6) is 0 Å². The van der Waals surface area contributed by atoms with E-state index < -0.39 is 5.97 Å². The first-order chi connectivity index (χ1) is 10.5. The number of anilines is 2. The molecule has 1 heterocycles. The summed E-state index contributed by atoms with van der Waals surface area (Å²) in [7, 11) is 0. The molecule has 5 nitrogen and oxygen atoms in total. The Balaban J connectivity index is 2.26. The first-order valence-corrected chi connectivity index (χ1v) is 7.79. The molecule has 116 valence electrons. The van der Waals surface area contributed by atoms with Crippen LogP contribution in [0.4, 0.5) is 11.6 Å². The van der Waals surface area contributed by atoms with Crippen LogP contribution in [0.2, 0.25) is 5.02 Å². The van der Waals surface area contributed by atoms with Crippen molar-refractivity contribution < 1.29 is 14.3 Å². The summed E-state index contributed by atoms with van der Waals surface area (Å²) in [6, 6.07) is 9.09. The fourth-order valence-corrected chi connectivity index (χ4v) is 2.32. The minimum atomic E-state index is -0.940. The molecule has 0 aliphatic carbocycles. The maximum atomic E-state index is 10.5. The van der Waals surface area contributed by atoms with Gasteiger partial charge in [-0.25, -0.2) is 0 Å². The van der Waals surface area contributed by atoms with E-state index in [0.29, 0.717) is 10.9 Å². The smallest absolute Gasteiger partial charge is 0.315 e. The van der Waals surface area contributed by atoms with Gasteiger partial charge in [-0.2, -0.15) is 4.40 Å². The van der Waals surface area contributed by atoms with Crippen molar-refractivity contribution >= 4 is 41.1 Å². The number of aryl methyl sites for hydroxylation is 1. The molecule has 2 aromatic rings. The lowest BCUT2D eigenvalue weighted by molar-refractivity contribution is -0.133. The second kappa shape index (κ2) is 7.38. The van der Waals surface area contributed by atoms with E-state index in [1.165, 1.54) is 6.07 Å². The van der Waals surface area contributed by atoms with Crippen LogP contribution in [0.1, 0.15) is 11.1 Å². The number of carbonyl (C=O) groups is 1. The van der Waals surface area contributed by atoms with E-state index in [-0.39, 0.29) is 11.3 Å². The minimum absolute atomic E-state index is 0.137. The Kier molecular flexibility index (Phi) is 5.51. The summed E-state index contributed by atoms with van der Waals surface area (Å²) in [5, 5.41) is 12.2. The monoisotopic (exact) mass is 338 g/mol. The van der Waals surface area contributed by atoms with E-state index in [0.717, 1.165) is 28.8 Å². The third-order valence-corrected chi connectivity index (χ3v) is 3.85. The molecule has 0 spiro atoms. The number of carboxylic acid groups (broad SMARTS) is 1. The lowest BCUT2D eigenvalue weighted by Crippen LogP contribution is -2.04. The van der Waals surface area contributed by atoms with Gasteiger partial charge in [0.15, 0.2) is 0 Å². The summed E-state index contributed by atoms with van der Waals surface area (Å²) < 4.78 is 9.56. The Morgan fingerprint density at radius 3 is 2.91 bits per heavy atom. The van der Waals surface area contributed by atoms with Gasteiger partial charge in [0, 0.05) is 17.8 Å². The maximum absolute atomic E-state index is 10.5. The van der Waals surface area contributed by atoms with Crippen LogP contribution in [0.3, 0.4) is 0 Å². The third-order valence-electron chi connectivity index (χ3n) is 2.95. The standard InChI is InChI=1S/C15H15ClN2O3S/c1-9-4-3-5-12(10(9)2)17-13-6-11(16)7-14(21-13)18-22-8-15(19)20/h3-7,17H,8H2,1-2H3,(H,19,20). The van der Waals surface area contributed by atoms with Crippen molar-refractivity contribution in [1.82, 2.24) is 0 Å². The number of rotatable bonds is 5. The minimum Gasteiger partial charge on any atom is -0.481 e. The number of nitrogens with zero attached hydrogens (tertiary/aromatic N) is 1. The zero-order valence-corrected chi connectivity index (χ0v) is 13.7. The van der Waals surface area contributed by atoms with Gasteiger partial charge in [0.1, 0.15) is 5.75 Å². The van der Waals surface area contributed by atoms with Crippen molar-refractivity contribution in [2.45, 2.75) is 13.8 Å². The van der Waals surface area contributed by atoms with Gasteiger partial charge in [-0.1, -0.05) is 23.7 Å². The molecule has 0 radical (unpaired) electrons. The van der Waals surface area contributed by atoms with E-state index in [2.05, 4.69) is 9.71 Å². The molecule has 1 aromatic heterocycles. The number of aliphatic carboxylic acids is 1. The van der Waals surface area contributed by atoms with Gasteiger partial charge in [0.2, 0.25) is 11.4 Å². The van der Waals surface area contributed by atoms with Crippen molar-refractivity contribution in [3.63, 3.8) is 0 Å². The van der Waals surface area contributed by atoms with Gasteiger partial charge in [-0.05, 0) is 43.0 Å². The molecule has 2 N–H and O–H groups in total. The fourth-order valence-electron chi connectivity index (χ4n) is 1.73. The highest BCUT2D eigenvalue weighted by Crippen LogP contribution is 2.23. The van der Waals surface area contributed by atoms with Crippen LogP contribution >= 0.6 is 23.5 Å². The Bertz CT molecular complexity index is 759. The van der Waals surface area contributed by atoms with Gasteiger partial charge in [0.25, 0.3) is 0 Å². The van der Waals surface area contributed by atoms with Crippen molar-refractivity contribution in [2.24, 2.45) is 4.40 Å². The molecule has 2 rings (SSSR count). The van der Waals surface area contributed by atoms with Crippen LogP contribution in [0.25, 0.3) is 0 Å². The van der Waals surface area contributed by atoms with E-state index in [1.807, 2.05) is 32.0 Å². The highest BCUT2D eigenvalue weighted by atomic mass is 35.5. The third kappa shape index (κ3) is 4.54. The molecule has 0 aliphatic rings. The number of benzene rings is 1. The second-order valence-corrected chi connectivity index (χ2v) is 5.77. The van der Waals surface area contributed by atoms with Gasteiger partial charge >= 0.3 is 5.97 Å². The molecule has 0 saturated carbocycles. The number of hydrogen-bond acceptors (Lipinski definition) is 5. The van der Waals surface area contributed by atoms with Crippen molar-refractivity contribution in [3.8, 4) is 0 Å². The molecule has 22 heavy (non-hydrogen) atoms. The molecule has 0 amide bonds. The molecule has 0 bridgehead atoms. The molecular formula is C15H15ClN2O3S. The highest BCUT2D eigenvalue weighted by molar-refractivity contribution is 7.98. The molecular weight excluding hydrogens is 324 g/mol. The quantitative estimate of drug-likeness (QED) is 0.808. The average Bonchev–Trinajstić information content (AvgIpc) is 2.43. The molecule has 0 aliphatic heterocycles. The Morgan fingerprint density at radius 2 is 2.18 bits per heavy atom. The summed E-state index contributed by atoms with van der Waals surface area (Å²) in [5.41, 5.74) is 3.44. The molecule has 0 saturated heterocycles. The fraction of sp³-hybridized carbons (Fsp3) is 0.200. The average molecular weight is 339 g/mol. The highest BCUT2D eigenvalue weighted by Gasteiger charge is 2.04. The lowest BCUT2D eigenvalue weighted by atomic mass is 10.1. The predicted octanol–water partition coefficient (Wildman–Crippen LogP) is 3.93. The Hall–Kier alpha value is -1.92. The lowest BCUT2D eigenvalue weighted by Gasteiger charge is -2.10. The van der Waals surface area contributed by atoms with E-state index in [1.54, 1.807) is 6.07 Å². The number of hydrogen-bond donors (Lipinski definition) is 2. The molecule has 7 heteroatoms. The van der Waals surface area contributed by atoms with Gasteiger partial charge in [-0.15, -0.1) is 0 Å². The van der Waals surface area contributed by atoms with Gasteiger partial charge < -0.3 is 14.8 Å². The molecule has 1 aromatic carbocycles. The maximum Gasteiger partial charge on any atom is 0.315 e. The van der Waals surface area contributed by atoms with Crippen molar-refractivity contribution in [2.75, 3.05) is 11.1 Å². The predicted molar refractivity (Wildman–Crippen MR) is 88.6 cm³/mol. The van der Waals surface area contributed by atoms with Crippen molar-refractivity contribution in [1.29, 1.82) is 0 Å². The summed E-state index contributed by atoms with van der Waals surface area (Å²) in [6.45, 7) is 4.04. The van der Waals surface area contributed by atoms with E-state index in [4.69, 9.17) is 21.1 Å². The van der Waals surface area contributed by atoms with Crippen LogP contribution in [0, 0.1) is 13.8 Å². The van der Waals surface area contributed by atoms with E-state index >= 15 is 0 Å². The molecule has 0 unspecified atom stereocenters. The zero-order valence-electron chi connectivity index (χ0n) is 12.1. The van der Waals surface area contributed by atoms with Crippen LogP contribution < -0.4 is 10.9 Å². The zero-order chi connectivity index (χ0) is 16.1. The number of halogens is 1. The molecule has 0 fully saturated rings. The van der Waals surface area contributed by atoms with Crippen LogP contribution in [-0.2, 0) is 4.79 Å². The van der Waals surface area contributed by atoms with Gasteiger partial charge in [0.05, 0.1) is 5.02 Å². The Morgan fingerprint density at radius 1 is 1.41 bits per heavy atom. The summed E-state index contributed by atoms with van der Waals surface area (Å²) in [4.78, 5) is 10.5. The Labute approximate surface area is 137 Å². The van der Waals surface area contributed by atoms with E-state index in [9.17, 15) is 4.79 Å². The first kappa shape index (κ1) is 16.5. The van der Waals surface area contributed by atoms with Gasteiger partial charge in [-0.3, -0.25) is 4.79 Å². The largest absolute Gasteiger partial charge is 0.481 e. The topological polar surface area (TPSA) is 74.8 Å².